The average molecular weight is 338 g/mol. The van der Waals surface area contributed by atoms with Gasteiger partial charge in [0.25, 0.3) is 0 Å². The largest absolute Gasteiger partial charge is 3.00 e. The number of hydrogen-bond donors (Lipinski definition) is 0. The van der Waals surface area contributed by atoms with Gasteiger partial charge in [0.1, 0.15) is 0 Å². The van der Waals surface area contributed by atoms with E-state index in [-0.39, 0.29) is 37.2 Å². The van der Waals surface area contributed by atoms with E-state index >= 15 is 0 Å². The van der Waals surface area contributed by atoms with E-state index in [0.717, 1.165) is 38.5 Å². The topological polar surface area (TPSA) is 69.2 Å². The van der Waals surface area contributed by atoms with Crippen LogP contribution < -0.4 is 15.3 Å². The molecule has 0 spiro atoms. The molecule has 3 nitrogen and oxygen atoms in total. The first-order valence-electron chi connectivity index (χ1n) is 8.40. The molecule has 132 valence electrons. The van der Waals surface area contributed by atoms with Crippen LogP contribution in [0.5, 0.6) is 0 Å². The molecular formula is C19H35AlO3. The molecule has 0 heterocycles. The van der Waals surface area contributed by atoms with Crippen LogP contribution in [0.4, 0.5) is 0 Å². The summed E-state index contributed by atoms with van der Waals surface area (Å²) in [6.07, 6.45) is 5.59. The number of unbranched alkanes of at least 4 members (excludes halogenated alkanes) is 3. The second-order valence-electron chi connectivity index (χ2n) is 4.83. The van der Waals surface area contributed by atoms with Gasteiger partial charge in [-0.3, -0.25) is 0 Å². The maximum absolute atomic E-state index is 9.53. The molecule has 0 N–H and O–H groups in total. The van der Waals surface area contributed by atoms with Crippen LogP contribution >= 0.6 is 0 Å². The minimum atomic E-state index is 0. The van der Waals surface area contributed by atoms with Crippen LogP contribution in [-0.4, -0.2) is 37.2 Å². The predicted molar refractivity (Wildman–Crippen MR) is 96.3 cm³/mol. The molecule has 1 aromatic rings. The van der Waals surface area contributed by atoms with Crippen LogP contribution in [0.15, 0.2) is 30.3 Å². The van der Waals surface area contributed by atoms with Crippen molar-refractivity contribution < 1.29 is 15.3 Å². The van der Waals surface area contributed by atoms with Crippen molar-refractivity contribution in [2.45, 2.75) is 66.2 Å². The van der Waals surface area contributed by atoms with Crippen molar-refractivity contribution in [3.63, 3.8) is 0 Å². The first kappa shape index (κ1) is 30.5. The van der Waals surface area contributed by atoms with Gasteiger partial charge in [0.05, 0.1) is 0 Å². The van der Waals surface area contributed by atoms with Gasteiger partial charge >= 0.3 is 17.4 Å². The second kappa shape index (κ2) is 33.3. The zero-order valence-corrected chi connectivity index (χ0v) is 16.7. The first-order chi connectivity index (χ1) is 10.6. The molecule has 1 aromatic carbocycles. The number of aryl methyl sites for hydroxylation is 1. The molecule has 4 heteroatoms. The summed E-state index contributed by atoms with van der Waals surface area (Å²) in [7, 11) is 0. The van der Waals surface area contributed by atoms with Crippen molar-refractivity contribution in [3.05, 3.63) is 35.9 Å². The predicted octanol–water partition coefficient (Wildman–Crippen LogP) is 2.05. The standard InChI is InChI=1S/C7H8.3C4H9O.Al/c1-7-5-3-2-4-6-7;3*1-2-3-4-5;/h2-6H,1H3;3*2-4H2,1H3;/q;3*-1;+3. The molecule has 0 aliphatic heterocycles. The number of benzene rings is 1. The third kappa shape index (κ3) is 44.9. The van der Waals surface area contributed by atoms with Gasteiger partial charge in [-0.2, -0.15) is 0 Å². The molecule has 0 unspecified atom stereocenters. The Hall–Kier alpha value is -0.368. The molecule has 1 rings (SSSR count). The fourth-order valence-corrected chi connectivity index (χ4v) is 0.967. The molecule has 0 fully saturated rings. The van der Waals surface area contributed by atoms with Crippen LogP contribution in [0.2, 0.25) is 0 Å². The Kier molecular flexibility index (Phi) is 44.2. The quantitative estimate of drug-likeness (QED) is 0.746. The number of hydrogen-bond acceptors (Lipinski definition) is 3. The molecule has 0 aromatic heterocycles. The van der Waals surface area contributed by atoms with Crippen LogP contribution in [0, 0.1) is 6.92 Å². The van der Waals surface area contributed by atoms with Gasteiger partial charge in [-0.1, -0.05) is 95.2 Å². The SMILES string of the molecule is CCCC[O-].CCCC[O-].CCCC[O-].Cc1ccccc1.[Al+3]. The van der Waals surface area contributed by atoms with Crippen molar-refractivity contribution in [3.8, 4) is 0 Å². The van der Waals surface area contributed by atoms with E-state index in [2.05, 4.69) is 19.1 Å². The monoisotopic (exact) mass is 338 g/mol. The van der Waals surface area contributed by atoms with Crippen LogP contribution in [0.1, 0.15) is 64.9 Å². The fraction of sp³-hybridized carbons (Fsp3) is 0.684. The number of rotatable bonds is 6. The minimum Gasteiger partial charge on any atom is -0.854 e. The molecule has 23 heavy (non-hydrogen) atoms. The molecule has 0 atom stereocenters. The first-order valence-corrected chi connectivity index (χ1v) is 8.40. The molecule has 0 saturated carbocycles. The summed E-state index contributed by atoms with van der Waals surface area (Å²) in [4.78, 5) is 0. The summed E-state index contributed by atoms with van der Waals surface area (Å²) < 4.78 is 0. The Balaban J connectivity index is -0.000000105. The van der Waals surface area contributed by atoms with Gasteiger partial charge in [-0.15, -0.1) is 19.8 Å². The summed E-state index contributed by atoms with van der Waals surface area (Å²) in [5, 5.41) is 28.6. The minimum absolute atomic E-state index is 0. The van der Waals surface area contributed by atoms with E-state index in [9.17, 15) is 15.3 Å². The molecule has 0 aliphatic rings. The van der Waals surface area contributed by atoms with Gasteiger partial charge in [0, 0.05) is 0 Å². The molecular weight excluding hydrogens is 303 g/mol. The zero-order valence-electron chi connectivity index (χ0n) is 15.6. The van der Waals surface area contributed by atoms with Gasteiger partial charge in [-0.25, -0.2) is 0 Å². The molecule has 0 bridgehead atoms. The summed E-state index contributed by atoms with van der Waals surface area (Å²) in [5.41, 5.74) is 1.32. The summed E-state index contributed by atoms with van der Waals surface area (Å²) >= 11 is 0. The third-order valence-corrected chi connectivity index (χ3v) is 2.43. The van der Waals surface area contributed by atoms with E-state index < -0.39 is 0 Å². The Morgan fingerprint density at radius 2 is 0.957 bits per heavy atom. The summed E-state index contributed by atoms with van der Waals surface area (Å²) in [5.74, 6) is 0. The van der Waals surface area contributed by atoms with Crippen molar-refractivity contribution in [2.24, 2.45) is 0 Å². The zero-order chi connectivity index (χ0) is 17.5. The van der Waals surface area contributed by atoms with Crippen molar-refractivity contribution in [1.82, 2.24) is 0 Å². The Bertz CT molecular complexity index is 236. The van der Waals surface area contributed by atoms with Crippen LogP contribution in [-0.2, 0) is 0 Å². The Morgan fingerprint density at radius 1 is 0.652 bits per heavy atom. The van der Waals surface area contributed by atoms with Crippen molar-refractivity contribution in [2.75, 3.05) is 19.8 Å². The maximum Gasteiger partial charge on any atom is 3.00 e. The van der Waals surface area contributed by atoms with Crippen molar-refractivity contribution >= 4 is 17.4 Å². The Labute approximate surface area is 154 Å². The second-order valence-corrected chi connectivity index (χ2v) is 4.83. The van der Waals surface area contributed by atoms with Crippen molar-refractivity contribution in [1.29, 1.82) is 0 Å². The maximum atomic E-state index is 9.53. The normalized spacial score (nSPS) is 8.13. The van der Waals surface area contributed by atoms with E-state index in [1.165, 1.54) is 5.56 Å². The third-order valence-electron chi connectivity index (χ3n) is 2.43. The molecule has 0 amide bonds. The van der Waals surface area contributed by atoms with Gasteiger partial charge < -0.3 is 15.3 Å². The van der Waals surface area contributed by atoms with Crippen LogP contribution in [0.25, 0.3) is 0 Å². The Morgan fingerprint density at radius 3 is 1.04 bits per heavy atom. The summed E-state index contributed by atoms with van der Waals surface area (Å²) in [6, 6.07) is 10.3. The summed E-state index contributed by atoms with van der Waals surface area (Å²) in [6.45, 7) is 8.40. The average Bonchev–Trinajstić information content (AvgIpc) is 2.52. The fourth-order valence-electron chi connectivity index (χ4n) is 0.967. The molecule has 0 saturated heterocycles. The van der Waals surface area contributed by atoms with E-state index in [0.29, 0.717) is 0 Å². The van der Waals surface area contributed by atoms with Gasteiger partial charge in [0.2, 0.25) is 0 Å². The van der Waals surface area contributed by atoms with Gasteiger partial charge in [-0.05, 0) is 6.92 Å². The van der Waals surface area contributed by atoms with E-state index in [1.807, 2.05) is 39.0 Å². The smallest absolute Gasteiger partial charge is 0.854 e. The van der Waals surface area contributed by atoms with Gasteiger partial charge in [0.15, 0.2) is 0 Å². The molecule has 0 aliphatic carbocycles. The van der Waals surface area contributed by atoms with Crippen LogP contribution in [0.3, 0.4) is 0 Å². The van der Waals surface area contributed by atoms with E-state index in [1.54, 1.807) is 0 Å². The molecule has 0 radical (unpaired) electrons. The van der Waals surface area contributed by atoms with E-state index in [4.69, 9.17) is 0 Å².